The molecule has 0 aliphatic rings. The summed E-state index contributed by atoms with van der Waals surface area (Å²) in [6, 6.07) is 5.87. The van der Waals surface area contributed by atoms with E-state index >= 15 is 0 Å². The number of Topliss-reactive ketones (excluding diaryl/α,β-unsaturated/α-hetero) is 1. The molecule has 15 heavy (non-hydrogen) atoms. The maximum Gasteiger partial charge on any atom is 0.176 e. The van der Waals surface area contributed by atoms with Crippen molar-refractivity contribution in [1.82, 2.24) is 5.32 Å². The second-order valence-corrected chi connectivity index (χ2v) is 3.85. The van der Waals surface area contributed by atoms with E-state index in [1.54, 1.807) is 0 Å². The van der Waals surface area contributed by atoms with Gasteiger partial charge in [-0.2, -0.15) is 0 Å². The van der Waals surface area contributed by atoms with E-state index in [4.69, 9.17) is 0 Å². The predicted molar refractivity (Wildman–Crippen MR) is 63.4 cm³/mol. The summed E-state index contributed by atoms with van der Waals surface area (Å²) in [6.45, 7) is 7.47. The van der Waals surface area contributed by atoms with Crippen LogP contribution in [-0.4, -0.2) is 18.9 Å². The fourth-order valence-electron chi connectivity index (χ4n) is 1.53. The number of ketones is 1. The van der Waals surface area contributed by atoms with Crippen LogP contribution in [0.1, 0.15) is 34.8 Å². The summed E-state index contributed by atoms with van der Waals surface area (Å²) in [7, 11) is 0. The van der Waals surface area contributed by atoms with Crippen LogP contribution in [0.15, 0.2) is 18.2 Å². The van der Waals surface area contributed by atoms with Gasteiger partial charge < -0.3 is 5.32 Å². The minimum Gasteiger partial charge on any atom is -0.310 e. The van der Waals surface area contributed by atoms with Crippen LogP contribution in [-0.2, 0) is 0 Å². The number of benzene rings is 1. The number of carbonyl (C=O) groups excluding carboxylic acids is 1. The molecule has 0 aliphatic carbocycles. The molecule has 0 bridgehead atoms. The van der Waals surface area contributed by atoms with Gasteiger partial charge in [-0.25, -0.2) is 0 Å². The molecule has 0 amide bonds. The van der Waals surface area contributed by atoms with E-state index in [9.17, 15) is 4.79 Å². The molecule has 0 saturated carbocycles. The Morgan fingerprint density at radius 3 is 2.73 bits per heavy atom. The van der Waals surface area contributed by atoms with Crippen molar-refractivity contribution in [3.63, 3.8) is 0 Å². The molecular formula is C13H19NO. The molecule has 2 nitrogen and oxygen atoms in total. The van der Waals surface area contributed by atoms with Gasteiger partial charge in [-0.1, -0.05) is 25.1 Å². The second kappa shape index (κ2) is 5.66. The maximum atomic E-state index is 11.8. The van der Waals surface area contributed by atoms with Gasteiger partial charge in [-0.15, -0.1) is 0 Å². The summed E-state index contributed by atoms with van der Waals surface area (Å²) >= 11 is 0. The Bertz CT molecular complexity index is 344. The van der Waals surface area contributed by atoms with Gasteiger partial charge in [0, 0.05) is 5.56 Å². The van der Waals surface area contributed by atoms with Gasteiger partial charge in [0.05, 0.1) is 6.54 Å². The Labute approximate surface area is 91.7 Å². The molecule has 1 N–H and O–H groups in total. The Balaban J connectivity index is 2.69. The van der Waals surface area contributed by atoms with Crippen LogP contribution in [0.4, 0.5) is 0 Å². The SMILES string of the molecule is CCCNCC(=O)c1cccc(C)c1C. The Morgan fingerprint density at radius 2 is 2.07 bits per heavy atom. The molecule has 1 aromatic carbocycles. The van der Waals surface area contributed by atoms with Crippen LogP contribution in [0.2, 0.25) is 0 Å². The third-order valence-corrected chi connectivity index (χ3v) is 2.62. The number of aryl methyl sites for hydroxylation is 1. The molecule has 0 radical (unpaired) electrons. The van der Waals surface area contributed by atoms with Gasteiger partial charge >= 0.3 is 0 Å². The molecule has 82 valence electrons. The molecule has 0 heterocycles. The van der Waals surface area contributed by atoms with Crippen molar-refractivity contribution < 1.29 is 4.79 Å². The van der Waals surface area contributed by atoms with Crippen LogP contribution < -0.4 is 5.32 Å². The van der Waals surface area contributed by atoms with Crippen molar-refractivity contribution in [2.24, 2.45) is 0 Å². The summed E-state index contributed by atoms with van der Waals surface area (Å²) in [6.07, 6.45) is 1.06. The van der Waals surface area contributed by atoms with E-state index in [1.165, 1.54) is 5.56 Å². The molecule has 1 rings (SSSR count). The first-order chi connectivity index (χ1) is 7.16. The number of hydrogen-bond donors (Lipinski definition) is 1. The zero-order chi connectivity index (χ0) is 11.3. The lowest BCUT2D eigenvalue weighted by atomic mass is 10.0. The summed E-state index contributed by atoms with van der Waals surface area (Å²) in [5, 5.41) is 3.13. The van der Waals surface area contributed by atoms with E-state index in [0.29, 0.717) is 6.54 Å². The lowest BCUT2D eigenvalue weighted by molar-refractivity contribution is 0.0990. The molecule has 0 unspecified atom stereocenters. The third kappa shape index (κ3) is 3.17. The highest BCUT2D eigenvalue weighted by atomic mass is 16.1. The standard InChI is InChI=1S/C13H19NO/c1-4-8-14-9-13(15)12-7-5-6-10(2)11(12)3/h5-7,14H,4,8-9H2,1-3H3. The quantitative estimate of drug-likeness (QED) is 0.591. The van der Waals surface area contributed by atoms with Crippen LogP contribution >= 0.6 is 0 Å². The van der Waals surface area contributed by atoms with E-state index in [2.05, 4.69) is 12.2 Å². The average molecular weight is 205 g/mol. The van der Waals surface area contributed by atoms with Crippen molar-refractivity contribution in [2.45, 2.75) is 27.2 Å². The Kier molecular flexibility index (Phi) is 4.50. The number of nitrogens with one attached hydrogen (secondary N) is 1. The summed E-state index contributed by atoms with van der Waals surface area (Å²) in [5.41, 5.74) is 3.12. The van der Waals surface area contributed by atoms with Crippen molar-refractivity contribution in [2.75, 3.05) is 13.1 Å². The Hall–Kier alpha value is -1.15. The Morgan fingerprint density at radius 1 is 1.33 bits per heavy atom. The summed E-state index contributed by atoms with van der Waals surface area (Å²) < 4.78 is 0. The zero-order valence-electron chi connectivity index (χ0n) is 9.76. The summed E-state index contributed by atoms with van der Waals surface area (Å²) in [5.74, 6) is 0.185. The summed E-state index contributed by atoms with van der Waals surface area (Å²) in [4.78, 5) is 11.8. The largest absolute Gasteiger partial charge is 0.310 e. The van der Waals surface area contributed by atoms with Gasteiger partial charge in [0.2, 0.25) is 0 Å². The van der Waals surface area contributed by atoms with E-state index in [0.717, 1.165) is 24.1 Å². The normalized spacial score (nSPS) is 10.3. The molecule has 1 aromatic rings. The third-order valence-electron chi connectivity index (χ3n) is 2.62. The van der Waals surface area contributed by atoms with Crippen molar-refractivity contribution in [3.8, 4) is 0 Å². The van der Waals surface area contributed by atoms with Gasteiger partial charge in [0.15, 0.2) is 5.78 Å². The molecule has 0 atom stereocenters. The first-order valence-corrected chi connectivity index (χ1v) is 5.47. The number of carbonyl (C=O) groups is 1. The average Bonchev–Trinajstić information content (AvgIpc) is 2.22. The predicted octanol–water partition coefficient (Wildman–Crippen LogP) is 2.49. The van der Waals surface area contributed by atoms with E-state index in [1.807, 2.05) is 32.0 Å². The maximum absolute atomic E-state index is 11.8. The minimum absolute atomic E-state index is 0.185. The lowest BCUT2D eigenvalue weighted by Gasteiger charge is -2.07. The van der Waals surface area contributed by atoms with E-state index in [-0.39, 0.29) is 5.78 Å². The van der Waals surface area contributed by atoms with Gasteiger partial charge in [0.25, 0.3) is 0 Å². The molecule has 0 aromatic heterocycles. The monoisotopic (exact) mass is 205 g/mol. The van der Waals surface area contributed by atoms with Crippen molar-refractivity contribution in [3.05, 3.63) is 34.9 Å². The molecule has 0 spiro atoms. The van der Waals surface area contributed by atoms with Gasteiger partial charge in [-0.3, -0.25) is 4.79 Å². The first kappa shape index (κ1) is 11.9. The smallest absolute Gasteiger partial charge is 0.176 e. The van der Waals surface area contributed by atoms with Crippen LogP contribution in [0.3, 0.4) is 0 Å². The molecule has 2 heteroatoms. The topological polar surface area (TPSA) is 29.1 Å². The zero-order valence-corrected chi connectivity index (χ0v) is 9.76. The minimum atomic E-state index is 0.185. The fraction of sp³-hybridized carbons (Fsp3) is 0.462. The van der Waals surface area contributed by atoms with Crippen molar-refractivity contribution >= 4 is 5.78 Å². The molecule has 0 aliphatic heterocycles. The highest BCUT2D eigenvalue weighted by molar-refractivity contribution is 5.99. The van der Waals surface area contributed by atoms with Crippen LogP contribution in [0, 0.1) is 13.8 Å². The van der Waals surface area contributed by atoms with Gasteiger partial charge in [0.1, 0.15) is 0 Å². The lowest BCUT2D eigenvalue weighted by Crippen LogP contribution is -2.24. The highest BCUT2D eigenvalue weighted by Gasteiger charge is 2.08. The second-order valence-electron chi connectivity index (χ2n) is 3.85. The molecule has 0 saturated heterocycles. The number of hydrogen-bond acceptors (Lipinski definition) is 2. The molecule has 0 fully saturated rings. The highest BCUT2D eigenvalue weighted by Crippen LogP contribution is 2.12. The molecular weight excluding hydrogens is 186 g/mol. The van der Waals surface area contributed by atoms with Crippen molar-refractivity contribution in [1.29, 1.82) is 0 Å². The fourth-order valence-corrected chi connectivity index (χ4v) is 1.53. The van der Waals surface area contributed by atoms with E-state index < -0.39 is 0 Å². The van der Waals surface area contributed by atoms with Crippen LogP contribution in [0.5, 0.6) is 0 Å². The number of rotatable bonds is 5. The first-order valence-electron chi connectivity index (χ1n) is 5.47. The van der Waals surface area contributed by atoms with Crippen LogP contribution in [0.25, 0.3) is 0 Å². The van der Waals surface area contributed by atoms with Gasteiger partial charge in [-0.05, 0) is 37.9 Å².